The van der Waals surface area contributed by atoms with Gasteiger partial charge < -0.3 is 4.74 Å². The number of benzene rings is 3. The molecule has 3 aromatic carbocycles. The molecule has 3 aromatic rings. The van der Waals surface area contributed by atoms with Crippen molar-refractivity contribution in [2.75, 3.05) is 6.61 Å². The Kier molecular flexibility index (Phi) is 6.15. The monoisotopic (exact) mass is 498 g/mol. The van der Waals surface area contributed by atoms with Crippen LogP contribution in [0, 0.1) is 23.3 Å². The summed E-state index contributed by atoms with van der Waals surface area (Å²) < 4.78 is 125. The average Bonchev–Trinajstić information content (AvgIpc) is 2.80. The minimum Gasteiger partial charge on any atom is -0.491 e. The maximum atomic E-state index is 15.5. The third-order valence-electron chi connectivity index (χ3n) is 5.93. The van der Waals surface area contributed by atoms with Gasteiger partial charge in [-0.1, -0.05) is 30.3 Å². The van der Waals surface area contributed by atoms with Crippen LogP contribution in [0.1, 0.15) is 30.0 Å². The highest BCUT2D eigenvalue weighted by Gasteiger charge is 2.65. The standard InChI is InChI=1S/C26H18F8O/c1-3-5-6-13-7-8-17(23(29)21(13)27)16-10-9-14-15-11-12-18(35-4-2)24(30)20(15)26(33,34)25(31,32)19(14)22(16)28/h3,7-12H,1,4-6H2,2H3. The molecule has 1 aliphatic rings. The first kappa shape index (κ1) is 24.8. The summed E-state index contributed by atoms with van der Waals surface area (Å²) in [6, 6.07) is 5.78. The van der Waals surface area contributed by atoms with Gasteiger partial charge in [0.05, 0.1) is 17.7 Å². The van der Waals surface area contributed by atoms with Gasteiger partial charge in [0.1, 0.15) is 5.82 Å². The van der Waals surface area contributed by atoms with E-state index >= 15 is 22.0 Å². The van der Waals surface area contributed by atoms with Crippen molar-refractivity contribution in [3.05, 3.63) is 89.0 Å². The van der Waals surface area contributed by atoms with Crippen LogP contribution >= 0.6 is 0 Å². The van der Waals surface area contributed by atoms with Crippen LogP contribution in [0.2, 0.25) is 0 Å². The summed E-state index contributed by atoms with van der Waals surface area (Å²) in [5.41, 5.74) is -6.30. The molecule has 184 valence electrons. The van der Waals surface area contributed by atoms with Crippen LogP contribution in [0.15, 0.2) is 49.1 Å². The van der Waals surface area contributed by atoms with Crippen LogP contribution in [-0.4, -0.2) is 6.61 Å². The maximum absolute atomic E-state index is 15.5. The van der Waals surface area contributed by atoms with Gasteiger partial charge in [0.2, 0.25) is 0 Å². The fourth-order valence-electron chi connectivity index (χ4n) is 4.23. The quantitative estimate of drug-likeness (QED) is 0.245. The van der Waals surface area contributed by atoms with E-state index in [-0.39, 0.29) is 18.6 Å². The van der Waals surface area contributed by atoms with Crippen molar-refractivity contribution in [3.8, 4) is 28.0 Å². The molecule has 0 fully saturated rings. The lowest BCUT2D eigenvalue weighted by atomic mass is 9.78. The normalized spacial score (nSPS) is 15.3. The molecule has 0 atom stereocenters. The number of hydrogen-bond donors (Lipinski definition) is 0. The highest BCUT2D eigenvalue weighted by Crippen LogP contribution is 2.60. The molecule has 9 heteroatoms. The first-order valence-electron chi connectivity index (χ1n) is 10.6. The third kappa shape index (κ3) is 3.59. The van der Waals surface area contributed by atoms with Crippen molar-refractivity contribution in [1.82, 2.24) is 0 Å². The molecule has 35 heavy (non-hydrogen) atoms. The number of allylic oxidation sites excluding steroid dienone is 1. The fourth-order valence-corrected chi connectivity index (χ4v) is 4.23. The van der Waals surface area contributed by atoms with Gasteiger partial charge >= 0.3 is 11.8 Å². The van der Waals surface area contributed by atoms with E-state index in [0.29, 0.717) is 6.42 Å². The average molecular weight is 498 g/mol. The van der Waals surface area contributed by atoms with Crippen LogP contribution in [0.3, 0.4) is 0 Å². The van der Waals surface area contributed by atoms with E-state index in [0.717, 1.165) is 36.4 Å². The summed E-state index contributed by atoms with van der Waals surface area (Å²) in [7, 11) is 0. The number of hydrogen-bond acceptors (Lipinski definition) is 1. The number of halogens is 8. The molecule has 1 nitrogen and oxygen atoms in total. The van der Waals surface area contributed by atoms with Gasteiger partial charge in [0.15, 0.2) is 23.2 Å². The Bertz CT molecular complexity index is 1330. The molecule has 0 aliphatic heterocycles. The van der Waals surface area contributed by atoms with Crippen molar-refractivity contribution in [3.63, 3.8) is 0 Å². The van der Waals surface area contributed by atoms with Gasteiger partial charge in [-0.2, -0.15) is 17.6 Å². The maximum Gasteiger partial charge on any atom is 0.343 e. The Morgan fingerprint density at radius 3 is 1.83 bits per heavy atom. The topological polar surface area (TPSA) is 9.23 Å². The molecule has 0 radical (unpaired) electrons. The van der Waals surface area contributed by atoms with E-state index in [4.69, 9.17) is 4.74 Å². The predicted molar refractivity (Wildman–Crippen MR) is 115 cm³/mol. The van der Waals surface area contributed by atoms with Crippen molar-refractivity contribution in [1.29, 1.82) is 0 Å². The lowest BCUT2D eigenvalue weighted by Crippen LogP contribution is -2.41. The molecule has 0 N–H and O–H groups in total. The molecule has 0 unspecified atom stereocenters. The third-order valence-corrected chi connectivity index (χ3v) is 5.93. The van der Waals surface area contributed by atoms with Crippen LogP contribution < -0.4 is 4.74 Å². The second-order valence-electron chi connectivity index (χ2n) is 7.96. The second kappa shape index (κ2) is 8.70. The molecule has 0 saturated carbocycles. The molecule has 0 bridgehead atoms. The number of ether oxygens (including phenoxy) is 1. The number of rotatable bonds is 6. The highest BCUT2D eigenvalue weighted by molar-refractivity contribution is 5.81. The Balaban J connectivity index is 1.96. The number of fused-ring (bicyclic) bond motifs is 3. The van der Waals surface area contributed by atoms with E-state index < -0.39 is 74.2 Å². The fraction of sp³-hybridized carbons (Fsp3) is 0.231. The molecule has 0 spiro atoms. The Hall–Kier alpha value is -3.36. The smallest absolute Gasteiger partial charge is 0.343 e. The molecule has 0 heterocycles. The lowest BCUT2D eigenvalue weighted by Gasteiger charge is -2.35. The number of aryl methyl sites for hydroxylation is 1. The molecule has 4 rings (SSSR count). The number of alkyl halides is 4. The zero-order valence-corrected chi connectivity index (χ0v) is 18.3. The Morgan fingerprint density at radius 1 is 0.714 bits per heavy atom. The first-order valence-corrected chi connectivity index (χ1v) is 10.6. The zero-order chi connectivity index (χ0) is 25.7. The highest BCUT2D eigenvalue weighted by atomic mass is 19.3. The minimum absolute atomic E-state index is 0.0455. The van der Waals surface area contributed by atoms with E-state index in [1.807, 2.05) is 0 Å². The van der Waals surface area contributed by atoms with Crippen LogP contribution in [0.25, 0.3) is 22.3 Å². The summed E-state index contributed by atoms with van der Waals surface area (Å²) in [6.45, 7) is 4.82. The van der Waals surface area contributed by atoms with Gasteiger partial charge in [0.25, 0.3) is 0 Å². The van der Waals surface area contributed by atoms with Crippen molar-refractivity contribution in [2.45, 2.75) is 31.6 Å². The largest absolute Gasteiger partial charge is 0.491 e. The van der Waals surface area contributed by atoms with Crippen LogP contribution in [0.5, 0.6) is 5.75 Å². The van der Waals surface area contributed by atoms with E-state index in [9.17, 15) is 13.2 Å². The lowest BCUT2D eigenvalue weighted by molar-refractivity contribution is -0.227. The van der Waals surface area contributed by atoms with Crippen molar-refractivity contribution < 1.29 is 39.9 Å². The van der Waals surface area contributed by atoms with Crippen molar-refractivity contribution >= 4 is 0 Å². The van der Waals surface area contributed by atoms with Gasteiger partial charge in [-0.15, -0.1) is 6.58 Å². The summed E-state index contributed by atoms with van der Waals surface area (Å²) in [6.07, 6.45) is 1.90. The summed E-state index contributed by atoms with van der Waals surface area (Å²) >= 11 is 0. The summed E-state index contributed by atoms with van der Waals surface area (Å²) in [5.74, 6) is -17.4. The van der Waals surface area contributed by atoms with Crippen molar-refractivity contribution in [2.24, 2.45) is 0 Å². The van der Waals surface area contributed by atoms with Crippen LogP contribution in [0.4, 0.5) is 35.1 Å². The van der Waals surface area contributed by atoms with Gasteiger partial charge in [-0.3, -0.25) is 0 Å². The summed E-state index contributed by atoms with van der Waals surface area (Å²) in [4.78, 5) is 0. The Morgan fingerprint density at radius 2 is 1.23 bits per heavy atom. The molecular weight excluding hydrogens is 480 g/mol. The molecule has 1 aliphatic carbocycles. The minimum atomic E-state index is -5.21. The van der Waals surface area contributed by atoms with Gasteiger partial charge in [-0.25, -0.2) is 17.6 Å². The second-order valence-corrected chi connectivity index (χ2v) is 7.96. The summed E-state index contributed by atoms with van der Waals surface area (Å²) in [5, 5.41) is 0. The predicted octanol–water partition coefficient (Wildman–Crippen LogP) is 8.29. The van der Waals surface area contributed by atoms with Gasteiger partial charge in [-0.05, 0) is 48.6 Å². The zero-order valence-electron chi connectivity index (χ0n) is 18.3. The Labute approximate surface area is 195 Å². The van der Waals surface area contributed by atoms with Gasteiger partial charge in [0, 0.05) is 11.1 Å². The molecular formula is C26H18F8O. The molecule has 0 amide bonds. The SMILES string of the molecule is C=CCCc1ccc(-c2ccc3c(c2F)C(F)(F)C(F)(F)c2c-3ccc(OCC)c2F)c(F)c1F. The molecule has 0 saturated heterocycles. The molecule has 0 aromatic heterocycles. The first-order chi connectivity index (χ1) is 16.5. The van der Waals surface area contributed by atoms with E-state index in [1.165, 1.54) is 13.0 Å². The van der Waals surface area contributed by atoms with E-state index in [1.54, 1.807) is 0 Å². The van der Waals surface area contributed by atoms with E-state index in [2.05, 4.69) is 6.58 Å². The van der Waals surface area contributed by atoms with Crippen LogP contribution in [-0.2, 0) is 18.3 Å².